The molecule has 2 aromatic rings. The van der Waals surface area contributed by atoms with Gasteiger partial charge in [0.05, 0.1) is 10.6 Å². The number of nitrogens with zero attached hydrogens (tertiary/aromatic N) is 2. The summed E-state index contributed by atoms with van der Waals surface area (Å²) in [6, 6.07) is 16.5. The highest BCUT2D eigenvalue weighted by atomic mass is 32.2. The van der Waals surface area contributed by atoms with Gasteiger partial charge < -0.3 is 0 Å². The topological polar surface area (TPSA) is 69.7 Å². The van der Waals surface area contributed by atoms with Crippen LogP contribution in [0.4, 0.5) is 5.69 Å². The molecule has 1 heterocycles. The molecule has 0 saturated carbocycles. The number of piperidine rings is 1. The van der Waals surface area contributed by atoms with Crippen LogP contribution in [0, 0.1) is 0 Å². The van der Waals surface area contributed by atoms with Crippen LogP contribution in [0.25, 0.3) is 0 Å². The number of carbonyl (C=O) groups excluding carboxylic acids is 1. The minimum atomic E-state index is -3.41. The van der Waals surface area contributed by atoms with Gasteiger partial charge in [-0.15, -0.1) is 0 Å². The maximum atomic E-state index is 12.7. The molecule has 0 atom stereocenters. The average Bonchev–Trinajstić information content (AvgIpc) is 2.74. The van der Waals surface area contributed by atoms with E-state index in [0.717, 1.165) is 30.5 Å². The van der Waals surface area contributed by atoms with Crippen LogP contribution >= 0.6 is 0 Å². The molecule has 0 bridgehead atoms. The highest BCUT2D eigenvalue weighted by Crippen LogP contribution is 2.21. The molecule has 0 radical (unpaired) electrons. The number of hydrazine groups is 1. The molecule has 0 unspecified atom stereocenters. The van der Waals surface area contributed by atoms with E-state index < -0.39 is 10.0 Å². The van der Waals surface area contributed by atoms with Crippen molar-refractivity contribution in [3.63, 3.8) is 0 Å². The van der Waals surface area contributed by atoms with Crippen LogP contribution < -0.4 is 10.4 Å². The van der Waals surface area contributed by atoms with E-state index >= 15 is 0 Å². The molecular formula is C21H27N3O3S. The summed E-state index contributed by atoms with van der Waals surface area (Å²) in [5.74, 6) is -0.0867. The zero-order valence-electron chi connectivity index (χ0n) is 16.2. The predicted octanol–water partition coefficient (Wildman–Crippen LogP) is 2.96. The first kappa shape index (κ1) is 20.4. The number of hydrogen-bond acceptors (Lipinski definition) is 4. The summed E-state index contributed by atoms with van der Waals surface area (Å²) in [4.78, 5) is 12.5. The highest BCUT2D eigenvalue weighted by molar-refractivity contribution is 7.89. The fourth-order valence-electron chi connectivity index (χ4n) is 3.30. The van der Waals surface area contributed by atoms with Gasteiger partial charge in [-0.1, -0.05) is 36.8 Å². The molecule has 28 heavy (non-hydrogen) atoms. The number of aryl methyl sites for hydroxylation is 1. The van der Waals surface area contributed by atoms with E-state index in [0.29, 0.717) is 30.8 Å². The molecule has 0 aromatic heterocycles. The Balaban J connectivity index is 1.53. The molecule has 1 aliphatic rings. The van der Waals surface area contributed by atoms with E-state index in [1.54, 1.807) is 40.6 Å². The third kappa shape index (κ3) is 5.11. The second-order valence-electron chi connectivity index (χ2n) is 7.04. The first-order chi connectivity index (χ1) is 13.5. The Labute approximate surface area is 167 Å². The quantitative estimate of drug-likeness (QED) is 0.724. The van der Waals surface area contributed by atoms with Crippen LogP contribution in [0.5, 0.6) is 0 Å². The van der Waals surface area contributed by atoms with Crippen molar-refractivity contribution in [3.8, 4) is 0 Å². The van der Waals surface area contributed by atoms with Gasteiger partial charge >= 0.3 is 0 Å². The van der Waals surface area contributed by atoms with Crippen molar-refractivity contribution >= 4 is 21.6 Å². The Morgan fingerprint density at radius 3 is 2.29 bits per heavy atom. The van der Waals surface area contributed by atoms with Gasteiger partial charge in [0.15, 0.2) is 0 Å². The van der Waals surface area contributed by atoms with Gasteiger partial charge in [0.1, 0.15) is 0 Å². The summed E-state index contributed by atoms with van der Waals surface area (Å²) in [6.45, 7) is 1.19. The summed E-state index contributed by atoms with van der Waals surface area (Å²) in [5.41, 5.74) is 4.68. The number of para-hydroxylation sites is 1. The second kappa shape index (κ2) is 9.21. The maximum absolute atomic E-state index is 12.7. The molecule has 7 heteroatoms. The van der Waals surface area contributed by atoms with Crippen molar-refractivity contribution < 1.29 is 13.2 Å². The molecule has 1 N–H and O–H groups in total. The molecule has 1 aliphatic heterocycles. The second-order valence-corrected chi connectivity index (χ2v) is 8.98. The zero-order valence-corrected chi connectivity index (χ0v) is 17.0. The zero-order chi connectivity index (χ0) is 20.0. The molecule has 6 nitrogen and oxygen atoms in total. The Bertz CT molecular complexity index is 877. The molecule has 1 amide bonds. The Kier molecular flexibility index (Phi) is 6.70. The average molecular weight is 402 g/mol. The van der Waals surface area contributed by atoms with Crippen molar-refractivity contribution in [2.24, 2.45) is 0 Å². The number of sulfonamides is 1. The lowest BCUT2D eigenvalue weighted by Gasteiger charge is -2.25. The smallest absolute Gasteiger partial charge is 0.243 e. The van der Waals surface area contributed by atoms with E-state index in [4.69, 9.17) is 0 Å². The van der Waals surface area contributed by atoms with E-state index in [1.165, 1.54) is 0 Å². The van der Waals surface area contributed by atoms with Crippen LogP contribution in [0.15, 0.2) is 59.5 Å². The van der Waals surface area contributed by atoms with Crippen molar-refractivity contribution in [1.29, 1.82) is 0 Å². The van der Waals surface area contributed by atoms with Crippen molar-refractivity contribution in [2.75, 3.05) is 25.1 Å². The fraction of sp³-hybridized carbons (Fsp3) is 0.381. The SMILES string of the molecule is CN(NC(=O)CCc1ccc(S(=O)(=O)N2CCCCC2)cc1)c1ccccc1. The first-order valence-corrected chi connectivity index (χ1v) is 11.1. The van der Waals surface area contributed by atoms with Gasteiger partial charge in [-0.05, 0) is 49.1 Å². The number of amides is 1. The summed E-state index contributed by atoms with van der Waals surface area (Å²) in [6.07, 6.45) is 3.81. The van der Waals surface area contributed by atoms with Gasteiger partial charge in [-0.2, -0.15) is 4.31 Å². The van der Waals surface area contributed by atoms with Crippen LogP contribution in [-0.4, -0.2) is 38.8 Å². The van der Waals surface area contributed by atoms with Gasteiger partial charge in [0.2, 0.25) is 15.9 Å². The third-order valence-electron chi connectivity index (χ3n) is 4.95. The fourth-order valence-corrected chi connectivity index (χ4v) is 4.82. The molecular weight excluding hydrogens is 374 g/mol. The number of nitrogens with one attached hydrogen (secondary N) is 1. The molecule has 0 spiro atoms. The number of hydrogen-bond donors (Lipinski definition) is 1. The summed E-state index contributed by atoms with van der Waals surface area (Å²) >= 11 is 0. The number of carbonyl (C=O) groups is 1. The van der Waals surface area contributed by atoms with E-state index in [2.05, 4.69) is 5.43 Å². The number of benzene rings is 2. The van der Waals surface area contributed by atoms with Crippen molar-refractivity contribution in [2.45, 2.75) is 37.0 Å². The van der Waals surface area contributed by atoms with E-state index in [9.17, 15) is 13.2 Å². The summed E-state index contributed by atoms with van der Waals surface area (Å²) in [5, 5.41) is 1.69. The van der Waals surface area contributed by atoms with Gasteiger partial charge in [0.25, 0.3) is 0 Å². The normalized spacial score (nSPS) is 15.2. The van der Waals surface area contributed by atoms with E-state index in [-0.39, 0.29) is 5.91 Å². The van der Waals surface area contributed by atoms with Crippen molar-refractivity contribution in [1.82, 2.24) is 9.73 Å². The number of anilines is 1. The molecule has 1 saturated heterocycles. The number of rotatable bonds is 7. The van der Waals surface area contributed by atoms with Crippen LogP contribution in [0.2, 0.25) is 0 Å². The molecule has 1 fully saturated rings. The predicted molar refractivity (Wildman–Crippen MR) is 110 cm³/mol. The summed E-state index contributed by atoms with van der Waals surface area (Å²) < 4.78 is 26.9. The standard InChI is InChI=1S/C21H27N3O3S/c1-23(19-8-4-2-5-9-19)22-21(25)15-12-18-10-13-20(14-11-18)28(26,27)24-16-6-3-7-17-24/h2,4-5,8-11,13-14H,3,6-7,12,15-17H2,1H3,(H,22,25). The minimum absolute atomic E-state index is 0.0867. The molecule has 0 aliphatic carbocycles. The van der Waals surface area contributed by atoms with Gasteiger partial charge in [0, 0.05) is 26.6 Å². The van der Waals surface area contributed by atoms with E-state index in [1.807, 2.05) is 30.3 Å². The highest BCUT2D eigenvalue weighted by Gasteiger charge is 2.25. The maximum Gasteiger partial charge on any atom is 0.243 e. The largest absolute Gasteiger partial charge is 0.289 e. The van der Waals surface area contributed by atoms with Crippen molar-refractivity contribution in [3.05, 3.63) is 60.2 Å². The lowest BCUT2D eigenvalue weighted by molar-refractivity contribution is -0.121. The Morgan fingerprint density at radius 2 is 1.64 bits per heavy atom. The van der Waals surface area contributed by atoms with Crippen LogP contribution in [0.3, 0.4) is 0 Å². The Morgan fingerprint density at radius 1 is 1.00 bits per heavy atom. The van der Waals surface area contributed by atoms with Gasteiger partial charge in [-0.25, -0.2) is 8.42 Å². The lowest BCUT2D eigenvalue weighted by atomic mass is 10.1. The third-order valence-corrected chi connectivity index (χ3v) is 6.87. The first-order valence-electron chi connectivity index (χ1n) is 9.64. The molecule has 3 rings (SSSR count). The Hall–Kier alpha value is -2.38. The molecule has 150 valence electrons. The monoisotopic (exact) mass is 401 g/mol. The summed E-state index contributed by atoms with van der Waals surface area (Å²) in [7, 11) is -1.61. The lowest BCUT2D eigenvalue weighted by Crippen LogP contribution is -2.39. The van der Waals surface area contributed by atoms with Gasteiger partial charge in [-0.3, -0.25) is 15.2 Å². The molecule has 2 aromatic carbocycles. The minimum Gasteiger partial charge on any atom is -0.289 e. The van der Waals surface area contributed by atoms with Crippen LogP contribution in [0.1, 0.15) is 31.2 Å². The van der Waals surface area contributed by atoms with Crippen LogP contribution in [-0.2, 0) is 21.2 Å².